The van der Waals surface area contributed by atoms with Gasteiger partial charge in [-0.3, -0.25) is 0 Å². The van der Waals surface area contributed by atoms with Gasteiger partial charge in [0.1, 0.15) is 6.72 Å². The fourth-order valence-corrected chi connectivity index (χ4v) is 3.96. The van der Waals surface area contributed by atoms with Crippen molar-refractivity contribution in [2.24, 2.45) is 0 Å². The predicted molar refractivity (Wildman–Crippen MR) is 112 cm³/mol. The zero-order valence-corrected chi connectivity index (χ0v) is 16.4. The van der Waals surface area contributed by atoms with E-state index in [1.807, 2.05) is 4.24 Å². The summed E-state index contributed by atoms with van der Waals surface area (Å²) < 4.78 is 2.03. The van der Waals surface area contributed by atoms with Crippen molar-refractivity contribution < 1.29 is 4.24 Å². The highest BCUT2D eigenvalue weighted by molar-refractivity contribution is 5.66. The Hall–Kier alpha value is -2.15. The van der Waals surface area contributed by atoms with Crippen LogP contribution in [-0.2, 0) is 12.8 Å². The molecule has 1 aromatic carbocycles. The van der Waals surface area contributed by atoms with E-state index in [-0.39, 0.29) is 0 Å². The molecule has 0 fully saturated rings. The van der Waals surface area contributed by atoms with E-state index in [0.29, 0.717) is 0 Å². The van der Waals surface area contributed by atoms with Gasteiger partial charge in [0.05, 0.1) is 0 Å². The lowest BCUT2D eigenvalue weighted by molar-refractivity contribution is -0.486. The lowest BCUT2D eigenvalue weighted by atomic mass is 9.93. The number of fused-ring (bicyclic) bond motifs is 1. The van der Waals surface area contributed by atoms with Gasteiger partial charge in [-0.05, 0) is 48.6 Å². The molecule has 26 heavy (non-hydrogen) atoms. The highest BCUT2D eigenvalue weighted by Gasteiger charge is 2.18. The second kappa shape index (κ2) is 8.98. The number of allylic oxidation sites excluding steroid dienone is 2. The molecule has 0 spiro atoms. The van der Waals surface area contributed by atoms with Crippen LogP contribution in [0.3, 0.4) is 0 Å². The Morgan fingerprint density at radius 3 is 2.65 bits per heavy atom. The van der Waals surface area contributed by atoms with E-state index < -0.39 is 0 Å². The Labute approximate surface area is 158 Å². The highest BCUT2D eigenvalue weighted by Crippen LogP contribution is 2.24. The molecule has 1 aliphatic rings. The number of pyridine rings is 1. The minimum Gasteiger partial charge on any atom is -0.173 e. The summed E-state index contributed by atoms with van der Waals surface area (Å²) in [6, 6.07) is 9.16. The van der Waals surface area contributed by atoms with Gasteiger partial charge in [-0.2, -0.15) is 4.24 Å². The molecule has 0 radical (unpaired) electrons. The maximum Gasteiger partial charge on any atom is 0.221 e. The second-order valence-corrected chi connectivity index (χ2v) is 7.53. The lowest BCUT2D eigenvalue weighted by Gasteiger charge is -2.10. The first-order valence-electron chi connectivity index (χ1n) is 10.2. The van der Waals surface area contributed by atoms with E-state index in [0.717, 1.165) is 6.42 Å². The number of nitrogens with zero attached hydrogens (tertiary/aromatic N) is 1. The van der Waals surface area contributed by atoms with Crippen molar-refractivity contribution in [3.05, 3.63) is 71.2 Å². The third-order valence-corrected chi connectivity index (χ3v) is 5.45. The van der Waals surface area contributed by atoms with E-state index in [4.69, 9.17) is 0 Å². The molecule has 0 amide bonds. The first kappa shape index (κ1) is 18.6. The van der Waals surface area contributed by atoms with Gasteiger partial charge in [-0.15, -0.1) is 0 Å². The molecule has 3 rings (SSSR count). The molecular weight excluding hydrogens is 314 g/mol. The van der Waals surface area contributed by atoms with Crippen LogP contribution in [0, 0.1) is 13.6 Å². The van der Waals surface area contributed by atoms with Gasteiger partial charge >= 0.3 is 0 Å². The Balaban J connectivity index is 1.76. The molecule has 1 aliphatic carbocycles. The van der Waals surface area contributed by atoms with Gasteiger partial charge in [0.25, 0.3) is 0 Å². The summed E-state index contributed by atoms with van der Waals surface area (Å²) in [5, 5.41) is 1.32. The number of aromatic nitrogens is 1. The molecule has 1 heteroatoms. The van der Waals surface area contributed by atoms with Crippen LogP contribution in [0.2, 0.25) is 0 Å². The van der Waals surface area contributed by atoms with Crippen molar-refractivity contribution in [2.45, 2.75) is 65.2 Å². The first-order chi connectivity index (χ1) is 12.7. The number of hydrogen-bond acceptors (Lipinski definition) is 0. The van der Waals surface area contributed by atoms with Crippen LogP contribution in [0.4, 0.5) is 0 Å². The van der Waals surface area contributed by atoms with Crippen LogP contribution in [0.15, 0.2) is 42.6 Å². The average Bonchev–Trinajstić information content (AvgIpc) is 2.65. The van der Waals surface area contributed by atoms with Gasteiger partial charge in [-0.1, -0.05) is 69.4 Å². The van der Waals surface area contributed by atoms with Crippen LogP contribution >= 0.6 is 0 Å². The van der Waals surface area contributed by atoms with Crippen molar-refractivity contribution in [2.75, 3.05) is 0 Å². The van der Waals surface area contributed by atoms with E-state index in [1.54, 1.807) is 0 Å². The standard InChI is InChI=1S/C25H32N/c1-4-5-6-7-8-9-12-21-15-16-23(20(2)19-21)25-24-14-11-10-13-22(24)17-18-26(25)3/h10-11,13,15-19H,3-9,12,14H2,1-2H3/q+1. The first-order valence-corrected chi connectivity index (χ1v) is 10.2. The number of benzene rings is 1. The summed E-state index contributed by atoms with van der Waals surface area (Å²) in [6.45, 7) is 8.75. The largest absolute Gasteiger partial charge is 0.221 e. The number of aryl methyl sites for hydroxylation is 2. The zero-order chi connectivity index (χ0) is 18.4. The minimum absolute atomic E-state index is 0.983. The van der Waals surface area contributed by atoms with Gasteiger partial charge in [-0.25, -0.2) is 0 Å². The maximum atomic E-state index is 4.23. The van der Waals surface area contributed by atoms with E-state index in [2.05, 4.69) is 69.3 Å². The molecular formula is C25H32N+. The van der Waals surface area contributed by atoms with Crippen LogP contribution in [0.25, 0.3) is 17.3 Å². The van der Waals surface area contributed by atoms with Gasteiger partial charge < -0.3 is 0 Å². The van der Waals surface area contributed by atoms with Crippen molar-refractivity contribution >= 4 is 6.08 Å². The molecule has 0 N–H and O–H groups in total. The molecule has 0 bridgehead atoms. The van der Waals surface area contributed by atoms with Crippen molar-refractivity contribution in [3.63, 3.8) is 0 Å². The Bertz CT molecular complexity index is 889. The molecule has 1 nitrogen and oxygen atoms in total. The van der Waals surface area contributed by atoms with Crippen LogP contribution in [-0.4, -0.2) is 0 Å². The number of hydrogen-bond donors (Lipinski definition) is 0. The van der Waals surface area contributed by atoms with Crippen LogP contribution < -0.4 is 9.46 Å². The highest BCUT2D eigenvalue weighted by atomic mass is 14.8. The van der Waals surface area contributed by atoms with E-state index >= 15 is 0 Å². The predicted octanol–water partition coefficient (Wildman–Crippen LogP) is 5.39. The smallest absolute Gasteiger partial charge is 0.173 e. The molecule has 1 heterocycles. The van der Waals surface area contributed by atoms with Gasteiger partial charge in [0, 0.05) is 17.2 Å². The van der Waals surface area contributed by atoms with E-state index in [9.17, 15) is 0 Å². The fourth-order valence-electron chi connectivity index (χ4n) is 3.96. The lowest BCUT2D eigenvalue weighted by Crippen LogP contribution is -2.26. The second-order valence-electron chi connectivity index (χ2n) is 7.53. The fraction of sp³-hybridized carbons (Fsp3) is 0.400. The topological polar surface area (TPSA) is 5.90 Å². The maximum absolute atomic E-state index is 4.23. The minimum atomic E-state index is 0.983. The Kier molecular flexibility index (Phi) is 6.44. The Morgan fingerprint density at radius 2 is 1.85 bits per heavy atom. The van der Waals surface area contributed by atoms with Crippen LogP contribution in [0.1, 0.15) is 62.1 Å². The summed E-state index contributed by atoms with van der Waals surface area (Å²) in [6.07, 6.45) is 19.0. The third kappa shape index (κ3) is 4.33. The normalized spacial score (nSPS) is 12.7. The molecule has 0 unspecified atom stereocenters. The van der Waals surface area contributed by atoms with Crippen molar-refractivity contribution in [1.29, 1.82) is 0 Å². The molecule has 2 aromatic rings. The monoisotopic (exact) mass is 346 g/mol. The van der Waals surface area contributed by atoms with Crippen molar-refractivity contribution in [1.82, 2.24) is 0 Å². The quantitative estimate of drug-likeness (QED) is 0.447. The van der Waals surface area contributed by atoms with Crippen LogP contribution in [0.5, 0.6) is 0 Å². The third-order valence-electron chi connectivity index (χ3n) is 5.45. The average molecular weight is 347 g/mol. The summed E-state index contributed by atoms with van der Waals surface area (Å²) in [7, 11) is 0. The van der Waals surface area contributed by atoms with Crippen molar-refractivity contribution in [3.8, 4) is 11.3 Å². The number of rotatable bonds is 8. The van der Waals surface area contributed by atoms with E-state index in [1.165, 1.54) is 78.1 Å². The summed E-state index contributed by atoms with van der Waals surface area (Å²) in [5.74, 6) is 0. The summed E-state index contributed by atoms with van der Waals surface area (Å²) in [5.41, 5.74) is 6.78. The summed E-state index contributed by atoms with van der Waals surface area (Å²) >= 11 is 0. The SMILES string of the molecule is C=[n+]1ccc2c(c1-c1ccc(CCCCCCCC)cc1C)CC=CC=2. The molecule has 1 aromatic heterocycles. The molecule has 136 valence electrons. The summed E-state index contributed by atoms with van der Waals surface area (Å²) in [4.78, 5) is 0. The molecule has 0 aliphatic heterocycles. The molecule has 0 saturated heterocycles. The van der Waals surface area contributed by atoms with Gasteiger partial charge in [0.15, 0.2) is 6.20 Å². The molecule has 0 atom stereocenters. The molecule has 0 saturated carbocycles. The zero-order valence-electron chi connectivity index (χ0n) is 16.4. The number of unbranched alkanes of at least 4 members (excludes halogenated alkanes) is 5. The Morgan fingerprint density at radius 1 is 1.04 bits per heavy atom. The van der Waals surface area contributed by atoms with Gasteiger partial charge in [0.2, 0.25) is 5.69 Å².